The Morgan fingerprint density at radius 2 is 2.29 bits per heavy atom. The lowest BCUT2D eigenvalue weighted by Crippen LogP contribution is -2.33. The molecule has 1 aliphatic rings. The van der Waals surface area contributed by atoms with E-state index in [0.717, 1.165) is 37.2 Å². The Labute approximate surface area is 128 Å². The van der Waals surface area contributed by atoms with E-state index in [-0.39, 0.29) is 6.10 Å². The second-order valence-electron chi connectivity index (χ2n) is 5.48. The minimum atomic E-state index is 0.262. The highest BCUT2D eigenvalue weighted by molar-refractivity contribution is 7.09. The first-order valence-corrected chi connectivity index (χ1v) is 8.27. The van der Waals surface area contributed by atoms with Gasteiger partial charge in [0.1, 0.15) is 11.9 Å². The zero-order chi connectivity index (χ0) is 14.1. The fourth-order valence-corrected chi connectivity index (χ4v) is 3.62. The van der Waals surface area contributed by atoms with Crippen LogP contribution in [0.1, 0.15) is 16.9 Å². The Balaban J connectivity index is 1.44. The van der Waals surface area contributed by atoms with Gasteiger partial charge in [0, 0.05) is 35.1 Å². The normalized spacial score (nSPS) is 17.6. The summed E-state index contributed by atoms with van der Waals surface area (Å²) in [7, 11) is 0. The predicted molar refractivity (Wildman–Crippen MR) is 87.1 cm³/mol. The van der Waals surface area contributed by atoms with Crippen molar-refractivity contribution in [3.05, 3.63) is 52.3 Å². The molecule has 1 atom stereocenters. The Morgan fingerprint density at radius 3 is 3.19 bits per heavy atom. The van der Waals surface area contributed by atoms with Crippen molar-refractivity contribution in [3.63, 3.8) is 0 Å². The van der Waals surface area contributed by atoms with Crippen molar-refractivity contribution >= 4 is 22.2 Å². The highest BCUT2D eigenvalue weighted by Crippen LogP contribution is 2.34. The monoisotopic (exact) mass is 298 g/mol. The fraction of sp³-hybridized carbons (Fsp3) is 0.294. The van der Waals surface area contributed by atoms with Crippen molar-refractivity contribution in [2.45, 2.75) is 25.5 Å². The zero-order valence-electron chi connectivity index (χ0n) is 11.8. The van der Waals surface area contributed by atoms with Crippen LogP contribution in [0.2, 0.25) is 0 Å². The number of benzene rings is 1. The van der Waals surface area contributed by atoms with Crippen molar-refractivity contribution < 1.29 is 4.74 Å². The number of rotatable bonds is 4. The lowest BCUT2D eigenvalue weighted by molar-refractivity contribution is 0.173. The van der Waals surface area contributed by atoms with Gasteiger partial charge in [-0.15, -0.1) is 11.3 Å². The Hall–Kier alpha value is -1.78. The standard InChI is InChI=1S/C17H18N2OS/c1-2-14(21-9-1)11-18-10-13-5-3-12-4-6-16-15(7-8-19-16)17(12)20-13/h1-2,4,6-9,13,18-19H,3,5,10-11H2/t13-/m0/s1. The van der Waals surface area contributed by atoms with E-state index in [1.165, 1.54) is 15.8 Å². The average Bonchev–Trinajstić information content (AvgIpc) is 3.18. The molecule has 0 saturated carbocycles. The second kappa shape index (κ2) is 5.54. The van der Waals surface area contributed by atoms with Gasteiger partial charge in [-0.2, -0.15) is 0 Å². The fourth-order valence-electron chi connectivity index (χ4n) is 2.94. The Kier molecular flexibility index (Phi) is 3.41. The van der Waals surface area contributed by atoms with E-state index in [2.05, 4.69) is 46.0 Å². The number of aryl methyl sites for hydroxylation is 1. The number of fused-ring (bicyclic) bond motifs is 3. The number of aromatic amines is 1. The van der Waals surface area contributed by atoms with E-state index in [1.807, 2.05) is 6.20 Å². The molecule has 1 aliphatic heterocycles. The van der Waals surface area contributed by atoms with E-state index < -0.39 is 0 Å². The molecule has 2 N–H and O–H groups in total. The topological polar surface area (TPSA) is 37.0 Å². The van der Waals surface area contributed by atoms with Crippen LogP contribution in [0.15, 0.2) is 41.9 Å². The molecule has 0 aliphatic carbocycles. The van der Waals surface area contributed by atoms with Crippen LogP contribution in [-0.2, 0) is 13.0 Å². The summed E-state index contributed by atoms with van der Waals surface area (Å²) in [6.07, 6.45) is 4.42. The van der Waals surface area contributed by atoms with Crippen LogP contribution in [0, 0.1) is 0 Å². The van der Waals surface area contributed by atoms with Gasteiger partial charge in [-0.1, -0.05) is 12.1 Å². The van der Waals surface area contributed by atoms with E-state index in [4.69, 9.17) is 4.74 Å². The maximum Gasteiger partial charge on any atom is 0.132 e. The molecule has 0 amide bonds. The molecule has 1 aromatic carbocycles. The first kappa shape index (κ1) is 12.9. The summed E-state index contributed by atoms with van der Waals surface area (Å²) in [6.45, 7) is 1.83. The molecular formula is C17H18N2OS. The number of nitrogens with one attached hydrogen (secondary N) is 2. The molecule has 0 fully saturated rings. The number of ether oxygens (including phenoxy) is 1. The molecular weight excluding hydrogens is 280 g/mol. The molecule has 4 heteroatoms. The quantitative estimate of drug-likeness (QED) is 0.770. The summed E-state index contributed by atoms with van der Waals surface area (Å²) < 4.78 is 6.24. The van der Waals surface area contributed by atoms with Crippen molar-refractivity contribution in [2.75, 3.05) is 6.54 Å². The maximum absolute atomic E-state index is 6.24. The molecule has 2 aromatic heterocycles. The molecule has 0 bridgehead atoms. The first-order valence-electron chi connectivity index (χ1n) is 7.39. The Morgan fingerprint density at radius 1 is 1.29 bits per heavy atom. The largest absolute Gasteiger partial charge is 0.488 e. The molecule has 3 heterocycles. The van der Waals surface area contributed by atoms with Gasteiger partial charge < -0.3 is 15.0 Å². The number of aromatic nitrogens is 1. The molecule has 3 aromatic rings. The second-order valence-corrected chi connectivity index (χ2v) is 6.51. The highest BCUT2D eigenvalue weighted by Gasteiger charge is 2.21. The van der Waals surface area contributed by atoms with Gasteiger partial charge in [0.2, 0.25) is 0 Å². The summed E-state index contributed by atoms with van der Waals surface area (Å²) >= 11 is 1.79. The summed E-state index contributed by atoms with van der Waals surface area (Å²) in [5.41, 5.74) is 2.48. The Bertz CT molecular complexity index is 732. The van der Waals surface area contributed by atoms with Gasteiger partial charge in [-0.25, -0.2) is 0 Å². The lowest BCUT2D eigenvalue weighted by atomic mass is 10.00. The molecule has 4 rings (SSSR count). The van der Waals surface area contributed by atoms with Gasteiger partial charge in [0.15, 0.2) is 0 Å². The van der Waals surface area contributed by atoms with Gasteiger partial charge in [-0.3, -0.25) is 0 Å². The third-order valence-electron chi connectivity index (χ3n) is 4.04. The molecule has 0 radical (unpaired) electrons. The summed E-state index contributed by atoms with van der Waals surface area (Å²) in [6, 6.07) is 10.7. The summed E-state index contributed by atoms with van der Waals surface area (Å²) in [4.78, 5) is 4.63. The SMILES string of the molecule is c1csc(CNC[C@@H]2CCc3ccc4[nH]ccc4c3O2)c1. The van der Waals surface area contributed by atoms with Crippen molar-refractivity contribution in [1.82, 2.24) is 10.3 Å². The minimum Gasteiger partial charge on any atom is -0.488 e. The maximum atomic E-state index is 6.24. The van der Waals surface area contributed by atoms with Gasteiger partial charge in [0.05, 0.1) is 0 Å². The van der Waals surface area contributed by atoms with Gasteiger partial charge in [0.25, 0.3) is 0 Å². The molecule has 108 valence electrons. The number of hydrogen-bond acceptors (Lipinski definition) is 3. The molecule has 0 saturated heterocycles. The van der Waals surface area contributed by atoms with Crippen LogP contribution in [-0.4, -0.2) is 17.6 Å². The third kappa shape index (κ3) is 2.57. The van der Waals surface area contributed by atoms with E-state index in [9.17, 15) is 0 Å². The van der Waals surface area contributed by atoms with Crippen molar-refractivity contribution in [1.29, 1.82) is 0 Å². The molecule has 21 heavy (non-hydrogen) atoms. The highest BCUT2D eigenvalue weighted by atomic mass is 32.1. The minimum absolute atomic E-state index is 0.262. The third-order valence-corrected chi connectivity index (χ3v) is 4.91. The van der Waals surface area contributed by atoms with Crippen LogP contribution >= 0.6 is 11.3 Å². The predicted octanol–water partition coefficient (Wildman–Crippen LogP) is 3.71. The van der Waals surface area contributed by atoms with Gasteiger partial charge >= 0.3 is 0 Å². The molecule has 0 spiro atoms. The number of hydrogen-bond donors (Lipinski definition) is 2. The van der Waals surface area contributed by atoms with Crippen LogP contribution < -0.4 is 10.1 Å². The van der Waals surface area contributed by atoms with Crippen molar-refractivity contribution in [3.8, 4) is 5.75 Å². The van der Waals surface area contributed by atoms with E-state index >= 15 is 0 Å². The molecule has 0 unspecified atom stereocenters. The number of thiophene rings is 1. The lowest BCUT2D eigenvalue weighted by Gasteiger charge is -2.27. The van der Waals surface area contributed by atoms with Gasteiger partial charge in [-0.05, 0) is 42.0 Å². The van der Waals surface area contributed by atoms with Crippen molar-refractivity contribution in [2.24, 2.45) is 0 Å². The number of H-pyrrole nitrogens is 1. The van der Waals surface area contributed by atoms with Crippen LogP contribution in [0.4, 0.5) is 0 Å². The van der Waals surface area contributed by atoms with Crippen LogP contribution in [0.5, 0.6) is 5.75 Å². The van der Waals surface area contributed by atoms with E-state index in [0.29, 0.717) is 0 Å². The van der Waals surface area contributed by atoms with Crippen LogP contribution in [0.3, 0.4) is 0 Å². The van der Waals surface area contributed by atoms with Crippen LogP contribution in [0.25, 0.3) is 10.9 Å². The summed E-state index contributed by atoms with van der Waals surface area (Å²) in [5, 5.41) is 6.83. The first-order chi connectivity index (χ1) is 10.4. The average molecular weight is 298 g/mol. The van der Waals surface area contributed by atoms with E-state index in [1.54, 1.807) is 11.3 Å². The zero-order valence-corrected chi connectivity index (χ0v) is 12.6. The smallest absolute Gasteiger partial charge is 0.132 e. The summed E-state index contributed by atoms with van der Waals surface area (Å²) in [5.74, 6) is 1.07. The molecule has 3 nitrogen and oxygen atoms in total.